The molecule has 176 valence electrons. The van der Waals surface area contributed by atoms with Gasteiger partial charge in [0.25, 0.3) is 5.56 Å². The van der Waals surface area contributed by atoms with Crippen LogP contribution in [-0.4, -0.2) is 46.3 Å². The molecule has 1 aliphatic heterocycles. The first-order chi connectivity index (χ1) is 16.4. The summed E-state index contributed by atoms with van der Waals surface area (Å²) >= 11 is 1.62. The van der Waals surface area contributed by atoms with E-state index in [4.69, 9.17) is 0 Å². The summed E-state index contributed by atoms with van der Waals surface area (Å²) in [6.07, 6.45) is 1.03. The summed E-state index contributed by atoms with van der Waals surface area (Å²) in [6, 6.07) is 16.8. The zero-order valence-electron chi connectivity index (χ0n) is 20.0. The van der Waals surface area contributed by atoms with Crippen molar-refractivity contribution in [1.29, 1.82) is 0 Å². The van der Waals surface area contributed by atoms with Gasteiger partial charge in [0.15, 0.2) is 0 Å². The first-order valence-electron chi connectivity index (χ1n) is 11.9. The van der Waals surface area contributed by atoms with Crippen LogP contribution in [0.3, 0.4) is 0 Å². The Bertz CT molecular complexity index is 1420. The maximum atomic E-state index is 13.2. The molecule has 6 nitrogen and oxygen atoms in total. The van der Waals surface area contributed by atoms with Crippen LogP contribution in [0.4, 0.5) is 5.69 Å². The zero-order chi connectivity index (χ0) is 23.8. The van der Waals surface area contributed by atoms with Crippen molar-refractivity contribution in [1.82, 2.24) is 14.7 Å². The van der Waals surface area contributed by atoms with Crippen LogP contribution in [0.25, 0.3) is 20.2 Å². The van der Waals surface area contributed by atoms with E-state index < -0.39 is 0 Å². The Hall–Kier alpha value is -3.19. The second-order valence-electron chi connectivity index (χ2n) is 9.24. The Labute approximate surface area is 203 Å². The summed E-state index contributed by atoms with van der Waals surface area (Å²) < 4.78 is 3.60. The molecule has 0 unspecified atom stereocenters. The molecule has 34 heavy (non-hydrogen) atoms. The molecule has 0 N–H and O–H groups in total. The highest BCUT2D eigenvalue weighted by atomic mass is 32.1. The van der Waals surface area contributed by atoms with Crippen molar-refractivity contribution in [2.75, 3.05) is 24.5 Å². The molecule has 0 spiro atoms. The third-order valence-corrected chi connectivity index (χ3v) is 8.00. The third-order valence-electron chi connectivity index (χ3n) is 6.72. The lowest BCUT2D eigenvalue weighted by atomic mass is 10.1. The number of amides is 1. The van der Waals surface area contributed by atoms with Gasteiger partial charge in [0.05, 0.1) is 15.8 Å². The maximum Gasteiger partial charge on any atom is 0.276 e. The summed E-state index contributed by atoms with van der Waals surface area (Å²) in [4.78, 5) is 30.5. The molecular weight excluding hydrogens is 444 g/mol. The molecule has 1 aliphatic rings. The minimum Gasteiger partial charge on any atom is -0.365 e. The lowest BCUT2D eigenvalue weighted by Gasteiger charge is -2.41. The van der Waals surface area contributed by atoms with E-state index in [1.54, 1.807) is 16.0 Å². The van der Waals surface area contributed by atoms with Crippen LogP contribution in [0.5, 0.6) is 0 Å². The van der Waals surface area contributed by atoms with Gasteiger partial charge in [-0.2, -0.15) is 5.10 Å². The van der Waals surface area contributed by atoms with Gasteiger partial charge in [-0.3, -0.25) is 9.59 Å². The van der Waals surface area contributed by atoms with E-state index in [1.165, 1.54) is 11.3 Å². The number of hydrogen-bond donors (Lipinski definition) is 0. The fourth-order valence-corrected chi connectivity index (χ4v) is 6.11. The SMILES string of the molecule is Cc1cccc(N2CCN(C(=O)CCCn3nc(C)c4sc5ccccc5c4c3=O)C[C@@H]2C)c1. The van der Waals surface area contributed by atoms with Gasteiger partial charge in [-0.25, -0.2) is 4.68 Å². The maximum absolute atomic E-state index is 13.2. The van der Waals surface area contributed by atoms with Gasteiger partial charge in [-0.15, -0.1) is 11.3 Å². The Morgan fingerprint density at radius 2 is 1.94 bits per heavy atom. The van der Waals surface area contributed by atoms with Crippen molar-refractivity contribution < 1.29 is 4.79 Å². The number of aromatic nitrogens is 2. The molecule has 2 aromatic heterocycles. The molecule has 0 aliphatic carbocycles. The van der Waals surface area contributed by atoms with Crippen LogP contribution in [0.2, 0.25) is 0 Å². The van der Waals surface area contributed by atoms with Gasteiger partial charge in [-0.1, -0.05) is 30.3 Å². The standard InChI is InChI=1S/C27H30N4O2S/c1-18-8-6-9-21(16-18)30-15-14-29(17-19(30)2)24(32)12-7-13-31-27(33)25-22-10-4-5-11-23(22)34-26(25)20(3)28-31/h4-6,8-11,16,19H,7,12-15,17H2,1-3H3/t19-/m0/s1. The van der Waals surface area contributed by atoms with Crippen LogP contribution < -0.4 is 10.5 Å². The number of nitrogens with zero attached hydrogens (tertiary/aromatic N) is 4. The summed E-state index contributed by atoms with van der Waals surface area (Å²) in [5.41, 5.74) is 3.27. The van der Waals surface area contributed by atoms with Crippen LogP contribution in [0.15, 0.2) is 53.3 Å². The zero-order valence-corrected chi connectivity index (χ0v) is 20.8. The second-order valence-corrected chi connectivity index (χ2v) is 10.3. The molecule has 7 heteroatoms. The first-order valence-corrected chi connectivity index (χ1v) is 12.7. The Balaban J connectivity index is 1.23. The monoisotopic (exact) mass is 474 g/mol. The number of carbonyl (C=O) groups excluding carboxylic acids is 1. The average molecular weight is 475 g/mol. The number of aryl methyl sites for hydroxylation is 3. The largest absolute Gasteiger partial charge is 0.365 e. The minimum absolute atomic E-state index is 0.0640. The quantitative estimate of drug-likeness (QED) is 0.419. The van der Waals surface area contributed by atoms with Crippen LogP contribution >= 0.6 is 11.3 Å². The molecule has 5 rings (SSSR count). The number of carbonyl (C=O) groups is 1. The van der Waals surface area contributed by atoms with E-state index in [0.29, 0.717) is 19.4 Å². The molecule has 0 saturated carbocycles. The number of hydrogen-bond acceptors (Lipinski definition) is 5. The Morgan fingerprint density at radius 3 is 2.74 bits per heavy atom. The van der Waals surface area contributed by atoms with Gasteiger partial charge in [-0.05, 0) is 51.0 Å². The molecule has 2 aromatic carbocycles. The highest BCUT2D eigenvalue weighted by Crippen LogP contribution is 2.32. The van der Waals surface area contributed by atoms with Crippen molar-refractivity contribution in [3.05, 3.63) is 70.1 Å². The van der Waals surface area contributed by atoms with Crippen LogP contribution in [0, 0.1) is 13.8 Å². The van der Waals surface area contributed by atoms with Gasteiger partial charge in [0.1, 0.15) is 0 Å². The molecule has 3 heterocycles. The average Bonchev–Trinajstić information content (AvgIpc) is 3.22. The van der Waals surface area contributed by atoms with Crippen LogP contribution in [0.1, 0.15) is 31.0 Å². The van der Waals surface area contributed by atoms with E-state index >= 15 is 0 Å². The van der Waals surface area contributed by atoms with Crippen LogP contribution in [-0.2, 0) is 11.3 Å². The fourth-order valence-electron chi connectivity index (χ4n) is 4.98. The molecule has 0 radical (unpaired) electrons. The molecule has 4 aromatic rings. The number of benzene rings is 2. The van der Waals surface area contributed by atoms with Crippen molar-refractivity contribution in [2.24, 2.45) is 0 Å². The van der Waals surface area contributed by atoms with Gasteiger partial charge in [0, 0.05) is 54.4 Å². The van der Waals surface area contributed by atoms with E-state index in [0.717, 1.165) is 45.5 Å². The molecule has 0 bridgehead atoms. The Morgan fingerprint density at radius 1 is 1.12 bits per heavy atom. The number of piperazine rings is 1. The topological polar surface area (TPSA) is 58.4 Å². The summed E-state index contributed by atoms with van der Waals surface area (Å²) in [7, 11) is 0. The number of thiophene rings is 1. The van der Waals surface area contributed by atoms with E-state index in [2.05, 4.69) is 48.1 Å². The molecule has 1 fully saturated rings. The predicted octanol–water partition coefficient (Wildman–Crippen LogP) is 4.75. The first kappa shape index (κ1) is 22.6. The highest BCUT2D eigenvalue weighted by Gasteiger charge is 2.26. The molecular formula is C27H30N4O2S. The van der Waals surface area contributed by atoms with Crippen molar-refractivity contribution in [3.63, 3.8) is 0 Å². The lowest BCUT2D eigenvalue weighted by Crippen LogP contribution is -2.53. The van der Waals surface area contributed by atoms with E-state index in [1.807, 2.05) is 36.1 Å². The normalized spacial score (nSPS) is 16.5. The van der Waals surface area contributed by atoms with Crippen molar-refractivity contribution in [3.8, 4) is 0 Å². The summed E-state index contributed by atoms with van der Waals surface area (Å²) in [5, 5.41) is 6.29. The predicted molar refractivity (Wildman–Crippen MR) is 140 cm³/mol. The van der Waals surface area contributed by atoms with Gasteiger partial charge in [0.2, 0.25) is 5.91 Å². The van der Waals surface area contributed by atoms with E-state index in [9.17, 15) is 9.59 Å². The second kappa shape index (κ2) is 9.22. The lowest BCUT2D eigenvalue weighted by molar-refractivity contribution is -0.132. The van der Waals surface area contributed by atoms with Gasteiger partial charge < -0.3 is 9.80 Å². The number of fused-ring (bicyclic) bond motifs is 3. The van der Waals surface area contributed by atoms with Crippen molar-refractivity contribution in [2.45, 2.75) is 46.2 Å². The molecule has 1 saturated heterocycles. The smallest absolute Gasteiger partial charge is 0.276 e. The van der Waals surface area contributed by atoms with Gasteiger partial charge >= 0.3 is 0 Å². The molecule has 1 atom stereocenters. The Kier molecular flexibility index (Phi) is 6.13. The minimum atomic E-state index is -0.0640. The highest BCUT2D eigenvalue weighted by molar-refractivity contribution is 7.26. The summed E-state index contributed by atoms with van der Waals surface area (Å²) in [6.45, 7) is 8.96. The third kappa shape index (κ3) is 4.20. The summed E-state index contributed by atoms with van der Waals surface area (Å²) in [5.74, 6) is 0.155. The fraction of sp³-hybridized carbons (Fsp3) is 0.370. The molecule has 1 amide bonds. The van der Waals surface area contributed by atoms with Crippen molar-refractivity contribution >= 4 is 43.1 Å². The van der Waals surface area contributed by atoms with E-state index in [-0.39, 0.29) is 17.5 Å². The number of rotatable bonds is 5. The number of anilines is 1.